The number of hydrogen-bond donors (Lipinski definition) is 2. The zero-order valence-corrected chi connectivity index (χ0v) is 16.4. The highest BCUT2D eigenvalue weighted by Crippen LogP contribution is 2.21. The van der Waals surface area contributed by atoms with Crippen LogP contribution in [0, 0.1) is 0 Å². The molecule has 5 heteroatoms. The maximum atomic E-state index is 12.3. The maximum absolute atomic E-state index is 12.3. The fourth-order valence-electron chi connectivity index (χ4n) is 3.10. The molecule has 0 aliphatic carbocycles. The molecule has 0 aliphatic heterocycles. The maximum Gasteiger partial charge on any atom is 0.258 e. The van der Waals surface area contributed by atoms with Crippen molar-refractivity contribution in [2.75, 3.05) is 27.2 Å². The Morgan fingerprint density at radius 3 is 2.50 bits per heavy atom. The lowest BCUT2D eigenvalue weighted by Crippen LogP contribution is -3.07. The van der Waals surface area contributed by atoms with Gasteiger partial charge in [-0.15, -0.1) is 0 Å². The standard InChI is InChI=1S/C23H26N2O3/c1-25(2)20(22-13-8-14-27-22)16-24-23(26)17-28-21-12-7-6-11-19(21)15-18-9-4-3-5-10-18/h3-14,20H,15-17H2,1-2H3,(H,24,26)/p+1/t20-/m1/s1. The zero-order valence-electron chi connectivity index (χ0n) is 16.4. The highest BCUT2D eigenvalue weighted by Gasteiger charge is 2.21. The fraction of sp³-hybridized carbons (Fsp3) is 0.261. The van der Waals surface area contributed by atoms with E-state index < -0.39 is 0 Å². The number of para-hydroxylation sites is 1. The van der Waals surface area contributed by atoms with E-state index in [0.717, 1.165) is 23.5 Å². The van der Waals surface area contributed by atoms with Crippen LogP contribution in [-0.2, 0) is 11.2 Å². The highest BCUT2D eigenvalue weighted by atomic mass is 16.5. The molecule has 1 atom stereocenters. The Bertz CT molecular complexity index is 861. The summed E-state index contributed by atoms with van der Waals surface area (Å²) in [6.07, 6.45) is 2.42. The van der Waals surface area contributed by atoms with Gasteiger partial charge in [0.2, 0.25) is 0 Å². The lowest BCUT2D eigenvalue weighted by molar-refractivity contribution is -0.891. The second kappa shape index (κ2) is 9.76. The number of benzene rings is 2. The van der Waals surface area contributed by atoms with Crippen LogP contribution in [0.3, 0.4) is 0 Å². The van der Waals surface area contributed by atoms with E-state index >= 15 is 0 Å². The smallest absolute Gasteiger partial charge is 0.258 e. The lowest BCUT2D eigenvalue weighted by Gasteiger charge is -2.20. The summed E-state index contributed by atoms with van der Waals surface area (Å²) in [4.78, 5) is 13.5. The molecule has 3 rings (SSSR count). The van der Waals surface area contributed by atoms with Crippen LogP contribution in [0.25, 0.3) is 0 Å². The Kier molecular flexibility index (Phi) is 6.87. The molecule has 0 radical (unpaired) electrons. The number of likely N-dealkylation sites (N-methyl/N-ethyl adjacent to an activating group) is 1. The second-order valence-corrected chi connectivity index (χ2v) is 7.01. The number of quaternary nitrogens is 1. The van der Waals surface area contributed by atoms with Crippen LogP contribution in [0.1, 0.15) is 22.9 Å². The molecular formula is C23H27N2O3+. The number of amides is 1. The number of ether oxygens (including phenoxy) is 1. The van der Waals surface area contributed by atoms with E-state index in [1.54, 1.807) is 6.26 Å². The minimum absolute atomic E-state index is 0.0144. The van der Waals surface area contributed by atoms with Crippen LogP contribution in [0.5, 0.6) is 5.75 Å². The molecule has 1 amide bonds. The largest absolute Gasteiger partial charge is 0.483 e. The Hall–Kier alpha value is -3.05. The van der Waals surface area contributed by atoms with Crippen molar-refractivity contribution in [2.45, 2.75) is 12.5 Å². The average Bonchev–Trinajstić information content (AvgIpc) is 3.22. The van der Waals surface area contributed by atoms with Crippen LogP contribution >= 0.6 is 0 Å². The minimum Gasteiger partial charge on any atom is -0.483 e. The van der Waals surface area contributed by atoms with E-state index in [1.165, 1.54) is 10.5 Å². The van der Waals surface area contributed by atoms with Gasteiger partial charge in [0, 0.05) is 6.42 Å². The van der Waals surface area contributed by atoms with Gasteiger partial charge in [0.25, 0.3) is 5.91 Å². The molecule has 146 valence electrons. The van der Waals surface area contributed by atoms with E-state index in [0.29, 0.717) is 6.54 Å². The summed E-state index contributed by atoms with van der Waals surface area (Å²) in [5, 5.41) is 2.95. The van der Waals surface area contributed by atoms with Gasteiger partial charge in [-0.2, -0.15) is 0 Å². The third-order valence-electron chi connectivity index (χ3n) is 4.66. The molecule has 1 heterocycles. The summed E-state index contributed by atoms with van der Waals surface area (Å²) in [6.45, 7) is 0.475. The first kappa shape index (κ1) is 19.7. The van der Waals surface area contributed by atoms with Crippen molar-refractivity contribution in [2.24, 2.45) is 0 Å². The van der Waals surface area contributed by atoms with Gasteiger partial charge in [-0.25, -0.2) is 0 Å². The summed E-state index contributed by atoms with van der Waals surface area (Å²) in [7, 11) is 4.07. The molecule has 0 unspecified atom stereocenters. The van der Waals surface area contributed by atoms with Gasteiger partial charge in [-0.3, -0.25) is 4.79 Å². The first-order valence-electron chi connectivity index (χ1n) is 9.48. The molecule has 0 saturated heterocycles. The molecule has 0 spiro atoms. The molecule has 3 aromatic rings. The van der Waals surface area contributed by atoms with Gasteiger partial charge in [-0.1, -0.05) is 48.5 Å². The van der Waals surface area contributed by atoms with Crippen molar-refractivity contribution in [3.63, 3.8) is 0 Å². The molecular weight excluding hydrogens is 352 g/mol. The Balaban J connectivity index is 1.55. The molecule has 0 bridgehead atoms. The van der Waals surface area contributed by atoms with Crippen LogP contribution in [0.15, 0.2) is 77.4 Å². The van der Waals surface area contributed by atoms with Gasteiger partial charge < -0.3 is 19.4 Å². The average molecular weight is 379 g/mol. The predicted molar refractivity (Wildman–Crippen MR) is 108 cm³/mol. The molecule has 1 aromatic heterocycles. The van der Waals surface area contributed by atoms with Crippen molar-refractivity contribution in [1.82, 2.24) is 5.32 Å². The van der Waals surface area contributed by atoms with Gasteiger partial charge in [0.1, 0.15) is 5.75 Å². The summed E-state index contributed by atoms with van der Waals surface area (Å²) in [6, 6.07) is 21.9. The molecule has 2 N–H and O–H groups in total. The zero-order chi connectivity index (χ0) is 19.8. The number of hydrogen-bond acceptors (Lipinski definition) is 3. The van der Waals surface area contributed by atoms with Crippen molar-refractivity contribution in [1.29, 1.82) is 0 Å². The number of furan rings is 1. The van der Waals surface area contributed by atoms with Crippen LogP contribution in [0.4, 0.5) is 0 Å². The Labute approximate surface area is 165 Å². The molecule has 0 aliphatic rings. The first-order valence-corrected chi connectivity index (χ1v) is 9.48. The van der Waals surface area contributed by atoms with E-state index in [-0.39, 0.29) is 18.6 Å². The van der Waals surface area contributed by atoms with Gasteiger partial charge in [0.05, 0.1) is 26.9 Å². The lowest BCUT2D eigenvalue weighted by atomic mass is 10.0. The van der Waals surface area contributed by atoms with Crippen molar-refractivity contribution < 1.29 is 18.8 Å². The van der Waals surface area contributed by atoms with Crippen molar-refractivity contribution in [3.05, 3.63) is 89.9 Å². The van der Waals surface area contributed by atoms with Crippen molar-refractivity contribution >= 4 is 5.91 Å². The third kappa shape index (κ3) is 5.47. The molecule has 0 saturated carbocycles. The quantitative estimate of drug-likeness (QED) is 0.600. The summed E-state index contributed by atoms with van der Waals surface area (Å²) < 4.78 is 11.3. The van der Waals surface area contributed by atoms with Gasteiger partial charge >= 0.3 is 0 Å². The van der Waals surface area contributed by atoms with Gasteiger partial charge in [-0.05, 0) is 29.3 Å². The number of rotatable bonds is 9. The third-order valence-corrected chi connectivity index (χ3v) is 4.66. The number of carbonyl (C=O) groups is 1. The molecule has 0 fully saturated rings. The summed E-state index contributed by atoms with van der Waals surface area (Å²) >= 11 is 0. The SMILES string of the molecule is C[NH+](C)[C@H](CNC(=O)COc1ccccc1Cc1ccccc1)c1ccco1. The van der Waals surface area contributed by atoms with Gasteiger partial charge in [0.15, 0.2) is 18.4 Å². The molecule has 5 nitrogen and oxygen atoms in total. The fourth-order valence-corrected chi connectivity index (χ4v) is 3.10. The summed E-state index contributed by atoms with van der Waals surface area (Å²) in [5.74, 6) is 1.45. The molecule has 2 aromatic carbocycles. The predicted octanol–water partition coefficient (Wildman–Crippen LogP) is 2.25. The first-order chi connectivity index (χ1) is 13.6. The topological polar surface area (TPSA) is 55.9 Å². The van der Waals surface area contributed by atoms with E-state index in [1.807, 2.05) is 68.7 Å². The highest BCUT2D eigenvalue weighted by molar-refractivity contribution is 5.77. The van der Waals surface area contributed by atoms with Crippen LogP contribution in [-0.4, -0.2) is 33.2 Å². The van der Waals surface area contributed by atoms with Crippen LogP contribution in [0.2, 0.25) is 0 Å². The summed E-state index contributed by atoms with van der Waals surface area (Å²) in [5.41, 5.74) is 2.27. The van der Waals surface area contributed by atoms with E-state index in [2.05, 4.69) is 17.4 Å². The normalized spacial score (nSPS) is 12.0. The van der Waals surface area contributed by atoms with Crippen molar-refractivity contribution in [3.8, 4) is 5.75 Å². The Morgan fingerprint density at radius 2 is 1.79 bits per heavy atom. The van der Waals surface area contributed by atoms with E-state index in [9.17, 15) is 4.79 Å². The van der Waals surface area contributed by atoms with Crippen LogP contribution < -0.4 is 15.0 Å². The monoisotopic (exact) mass is 379 g/mol. The Morgan fingerprint density at radius 1 is 1.04 bits per heavy atom. The number of carbonyl (C=O) groups excluding carboxylic acids is 1. The minimum atomic E-state index is -0.146. The second-order valence-electron chi connectivity index (χ2n) is 7.01. The molecule has 28 heavy (non-hydrogen) atoms. The number of nitrogens with one attached hydrogen (secondary N) is 2. The van der Waals surface area contributed by atoms with E-state index in [4.69, 9.17) is 9.15 Å².